The second kappa shape index (κ2) is 9.69. The number of carbonyl (C=O) groups is 1. The number of benzene rings is 1. The van der Waals surface area contributed by atoms with Gasteiger partial charge in [-0.25, -0.2) is 28.3 Å². The minimum absolute atomic E-state index is 0.0578. The number of hydrogen-bond acceptors (Lipinski definition) is 8. The highest BCUT2D eigenvalue weighted by molar-refractivity contribution is 7.92. The first kappa shape index (κ1) is 25.0. The Bertz CT molecular complexity index is 1360. The van der Waals surface area contributed by atoms with Gasteiger partial charge in [-0.05, 0) is 18.9 Å². The topological polar surface area (TPSA) is 140 Å². The average molecular weight is 491 g/mol. The normalized spacial score (nSPS) is 13.2. The van der Waals surface area contributed by atoms with Crippen molar-refractivity contribution in [3.8, 4) is 28.3 Å². The molecule has 2 heterocycles. The summed E-state index contributed by atoms with van der Waals surface area (Å²) in [6.07, 6.45) is 4.49. The van der Waals surface area contributed by atoms with Crippen LogP contribution in [0.25, 0.3) is 22.5 Å². The van der Waals surface area contributed by atoms with Gasteiger partial charge >= 0.3 is 0 Å². The Morgan fingerprint density at radius 2 is 1.79 bits per heavy atom. The fraction of sp³-hybridized carbons (Fsp3) is 0.273. The van der Waals surface area contributed by atoms with Gasteiger partial charge in [0, 0.05) is 36.2 Å². The van der Waals surface area contributed by atoms with Crippen LogP contribution < -0.4 is 15.8 Å². The number of nitrogens with zero attached hydrogens (tertiary/aromatic N) is 3. The molecular formula is C22H23FN4O6S. The second-order valence-corrected chi connectivity index (χ2v) is 10.2. The number of halogens is 1. The van der Waals surface area contributed by atoms with Crippen molar-refractivity contribution in [3.63, 3.8) is 0 Å². The lowest BCUT2D eigenvalue weighted by atomic mass is 10.0. The maximum atomic E-state index is 14.9. The lowest BCUT2D eigenvalue weighted by Crippen LogP contribution is -2.50. The van der Waals surface area contributed by atoms with E-state index in [4.69, 9.17) is 9.94 Å². The number of hydrogen-bond donors (Lipinski definition) is 2. The van der Waals surface area contributed by atoms with Crippen LogP contribution in [0.4, 0.5) is 4.39 Å². The van der Waals surface area contributed by atoms with E-state index >= 15 is 0 Å². The number of sulfone groups is 1. The van der Waals surface area contributed by atoms with Crippen molar-refractivity contribution in [2.45, 2.75) is 24.6 Å². The van der Waals surface area contributed by atoms with Crippen LogP contribution in [0.5, 0.6) is 5.75 Å². The molecule has 0 radical (unpaired) electrons. The number of methoxy groups -OCH3 is 1. The van der Waals surface area contributed by atoms with E-state index in [2.05, 4.69) is 9.97 Å². The van der Waals surface area contributed by atoms with Crippen molar-refractivity contribution in [2.75, 3.05) is 13.4 Å². The molecule has 2 aromatic heterocycles. The zero-order valence-corrected chi connectivity index (χ0v) is 19.5. The van der Waals surface area contributed by atoms with Crippen molar-refractivity contribution in [2.24, 2.45) is 0 Å². The molecule has 1 atom stereocenters. The molecule has 0 bridgehead atoms. The van der Waals surface area contributed by atoms with E-state index in [1.807, 2.05) is 0 Å². The smallest absolute Gasteiger partial charge is 0.264 e. The van der Waals surface area contributed by atoms with E-state index in [1.165, 1.54) is 25.0 Å². The van der Waals surface area contributed by atoms with E-state index in [0.717, 1.165) is 30.0 Å². The van der Waals surface area contributed by atoms with Gasteiger partial charge in [0.2, 0.25) is 0 Å². The monoisotopic (exact) mass is 490 g/mol. The summed E-state index contributed by atoms with van der Waals surface area (Å²) >= 11 is 0. The Balaban J connectivity index is 1.85. The molecule has 3 rings (SSSR count). The molecule has 34 heavy (non-hydrogen) atoms. The summed E-state index contributed by atoms with van der Waals surface area (Å²) in [5.74, 6) is -0.886. The van der Waals surface area contributed by atoms with Crippen LogP contribution in [0.1, 0.15) is 13.3 Å². The molecule has 3 aromatic rings. The highest BCUT2D eigenvalue weighted by Gasteiger charge is 2.43. The van der Waals surface area contributed by atoms with Crippen molar-refractivity contribution in [1.82, 2.24) is 20.0 Å². The summed E-state index contributed by atoms with van der Waals surface area (Å²) in [7, 11) is -2.44. The summed E-state index contributed by atoms with van der Waals surface area (Å²) in [4.78, 5) is 32.9. The van der Waals surface area contributed by atoms with Crippen molar-refractivity contribution in [1.29, 1.82) is 0 Å². The molecule has 10 nitrogen and oxygen atoms in total. The predicted octanol–water partition coefficient (Wildman–Crippen LogP) is 1.82. The standard InChI is InChI=1S/C22H23FN4O6S/c1-22(21(29)26-30,34(3,31)32)8-9-27-13-18(23)17(10-19(27)28)14-4-6-15(7-5-14)20-24-11-16(33-2)12-25-20/h4-7,10-13,30H,8-9H2,1-3H3,(H,26,29). The van der Waals surface area contributed by atoms with Gasteiger partial charge < -0.3 is 9.30 Å². The van der Waals surface area contributed by atoms with Crippen LogP contribution >= 0.6 is 0 Å². The van der Waals surface area contributed by atoms with Crippen molar-refractivity contribution >= 4 is 15.7 Å². The van der Waals surface area contributed by atoms with Crippen LogP contribution in [0.15, 0.2) is 53.7 Å². The number of aromatic nitrogens is 3. The SMILES string of the molecule is COc1cnc(-c2ccc(-c3cc(=O)n(CCC(C)(C(=O)NO)S(C)(=O)=O)cc3F)cc2)nc1. The number of ether oxygens (including phenoxy) is 1. The summed E-state index contributed by atoms with van der Waals surface area (Å²) in [5.41, 5.74) is 1.93. The molecule has 0 aliphatic rings. The molecule has 0 fully saturated rings. The Morgan fingerprint density at radius 3 is 2.32 bits per heavy atom. The first-order chi connectivity index (χ1) is 16.0. The van der Waals surface area contributed by atoms with Crippen molar-refractivity contribution < 1.29 is 27.5 Å². The number of nitrogens with one attached hydrogen (secondary N) is 1. The van der Waals surface area contributed by atoms with Gasteiger partial charge in [0.25, 0.3) is 11.5 Å². The Kier molecular flexibility index (Phi) is 7.12. The molecule has 1 amide bonds. The van der Waals surface area contributed by atoms with Crippen LogP contribution in [-0.4, -0.2) is 52.2 Å². The number of carbonyl (C=O) groups excluding carboxylic acids is 1. The zero-order chi connectivity index (χ0) is 25.1. The third-order valence-corrected chi connectivity index (χ3v) is 7.65. The number of hydroxylamine groups is 1. The van der Waals surface area contributed by atoms with Crippen LogP contribution in [-0.2, 0) is 21.2 Å². The molecule has 0 aliphatic carbocycles. The fourth-order valence-electron chi connectivity index (χ4n) is 3.23. The minimum atomic E-state index is -3.95. The largest absolute Gasteiger partial charge is 0.494 e. The van der Waals surface area contributed by atoms with E-state index in [9.17, 15) is 22.4 Å². The van der Waals surface area contributed by atoms with Crippen LogP contribution in [0, 0.1) is 5.82 Å². The molecule has 0 aliphatic heterocycles. The Morgan fingerprint density at radius 1 is 1.21 bits per heavy atom. The summed E-state index contributed by atoms with van der Waals surface area (Å²) in [6.45, 7) is 0.860. The number of amides is 1. The van der Waals surface area contributed by atoms with E-state index in [1.54, 1.807) is 24.3 Å². The molecule has 1 unspecified atom stereocenters. The molecule has 0 spiro atoms. The fourth-order valence-corrected chi connectivity index (χ4v) is 4.07. The van der Waals surface area contributed by atoms with E-state index < -0.39 is 31.9 Å². The van der Waals surface area contributed by atoms with Crippen LogP contribution in [0.2, 0.25) is 0 Å². The molecule has 12 heteroatoms. The molecule has 0 saturated heterocycles. The van der Waals surface area contributed by atoms with Gasteiger partial charge in [0.05, 0.1) is 19.5 Å². The van der Waals surface area contributed by atoms with E-state index in [0.29, 0.717) is 22.7 Å². The maximum Gasteiger partial charge on any atom is 0.264 e. The third-order valence-electron chi connectivity index (χ3n) is 5.63. The zero-order valence-electron chi connectivity index (χ0n) is 18.6. The first-order valence-corrected chi connectivity index (χ1v) is 11.9. The van der Waals surface area contributed by atoms with Gasteiger partial charge in [-0.3, -0.25) is 14.8 Å². The summed E-state index contributed by atoms with van der Waals surface area (Å²) < 4.78 is 43.0. The van der Waals surface area contributed by atoms with Gasteiger partial charge in [-0.1, -0.05) is 24.3 Å². The lowest BCUT2D eigenvalue weighted by molar-refractivity contribution is -0.131. The second-order valence-electron chi connectivity index (χ2n) is 7.78. The molecule has 2 N–H and O–H groups in total. The number of rotatable bonds is 8. The minimum Gasteiger partial charge on any atom is -0.494 e. The average Bonchev–Trinajstić information content (AvgIpc) is 2.83. The lowest BCUT2D eigenvalue weighted by Gasteiger charge is -2.25. The van der Waals surface area contributed by atoms with Gasteiger partial charge in [-0.2, -0.15) is 0 Å². The Labute approximate surface area is 194 Å². The van der Waals surface area contributed by atoms with Gasteiger partial charge in [0.1, 0.15) is 5.82 Å². The molecule has 1 aromatic carbocycles. The summed E-state index contributed by atoms with van der Waals surface area (Å²) in [5, 5.41) is 8.90. The first-order valence-electron chi connectivity index (χ1n) is 10.0. The number of aryl methyl sites for hydroxylation is 1. The molecule has 180 valence electrons. The highest BCUT2D eigenvalue weighted by Crippen LogP contribution is 2.26. The molecule has 0 saturated carbocycles. The van der Waals surface area contributed by atoms with Gasteiger partial charge in [-0.15, -0.1) is 0 Å². The third kappa shape index (κ3) is 4.97. The van der Waals surface area contributed by atoms with E-state index in [-0.39, 0.29) is 18.5 Å². The quantitative estimate of drug-likeness (QED) is 0.360. The Hall–Kier alpha value is -3.64. The van der Waals surface area contributed by atoms with Gasteiger partial charge in [0.15, 0.2) is 26.2 Å². The number of pyridine rings is 1. The van der Waals surface area contributed by atoms with Crippen molar-refractivity contribution in [3.05, 3.63) is 65.1 Å². The highest BCUT2D eigenvalue weighted by atomic mass is 32.2. The summed E-state index contributed by atoms with van der Waals surface area (Å²) in [6, 6.07) is 7.72. The molecular weight excluding hydrogens is 467 g/mol. The van der Waals surface area contributed by atoms with Crippen LogP contribution in [0.3, 0.4) is 0 Å². The predicted molar refractivity (Wildman–Crippen MR) is 121 cm³/mol. The maximum absolute atomic E-state index is 14.9.